The van der Waals surface area contributed by atoms with Crippen LogP contribution in [0.25, 0.3) is 0 Å². The number of benzene rings is 2. The normalized spacial score (nSPS) is 12.1. The third-order valence-corrected chi connectivity index (χ3v) is 4.54. The van der Waals surface area contributed by atoms with Crippen LogP contribution in [-0.4, -0.2) is 49.8 Å². The van der Waals surface area contributed by atoms with Crippen molar-refractivity contribution in [1.82, 2.24) is 0 Å². The first-order chi connectivity index (χ1) is 13.3. The largest absolute Gasteiger partial charge is 0.506 e. The molecule has 0 saturated carbocycles. The van der Waals surface area contributed by atoms with E-state index in [4.69, 9.17) is 9.47 Å². The Morgan fingerprint density at radius 1 is 0.893 bits per heavy atom. The minimum absolute atomic E-state index is 0.00780. The summed E-state index contributed by atoms with van der Waals surface area (Å²) in [5.41, 5.74) is -1.32. The Morgan fingerprint density at radius 2 is 1.54 bits per heavy atom. The van der Waals surface area contributed by atoms with Crippen molar-refractivity contribution in [2.75, 3.05) is 21.3 Å². The first-order valence-corrected chi connectivity index (χ1v) is 8.11. The van der Waals surface area contributed by atoms with Gasteiger partial charge in [-0.15, -0.1) is 0 Å². The van der Waals surface area contributed by atoms with Crippen LogP contribution >= 0.6 is 0 Å². The van der Waals surface area contributed by atoms with Crippen LogP contribution < -0.4 is 9.47 Å². The van der Waals surface area contributed by atoms with E-state index in [2.05, 4.69) is 4.74 Å². The highest BCUT2D eigenvalue weighted by Crippen LogP contribution is 2.41. The van der Waals surface area contributed by atoms with Crippen molar-refractivity contribution in [3.05, 3.63) is 51.6 Å². The van der Waals surface area contributed by atoms with Crippen LogP contribution in [0.4, 0.5) is 0 Å². The number of hydrogen-bond acceptors (Lipinski definition) is 8. The molecule has 2 aromatic carbocycles. The smallest absolute Gasteiger partial charge is 0.342 e. The van der Waals surface area contributed by atoms with Crippen molar-refractivity contribution in [1.29, 1.82) is 0 Å². The first-order valence-electron chi connectivity index (χ1n) is 8.11. The molecule has 0 radical (unpaired) electrons. The second-order valence-corrected chi connectivity index (χ2v) is 6.03. The van der Waals surface area contributed by atoms with Gasteiger partial charge in [0.2, 0.25) is 5.78 Å². The molecule has 28 heavy (non-hydrogen) atoms. The molecule has 1 aliphatic rings. The second-order valence-electron chi connectivity index (χ2n) is 6.03. The van der Waals surface area contributed by atoms with Crippen LogP contribution in [0.2, 0.25) is 0 Å². The van der Waals surface area contributed by atoms with Crippen molar-refractivity contribution >= 4 is 23.3 Å². The van der Waals surface area contributed by atoms with Crippen LogP contribution in [0.3, 0.4) is 0 Å². The summed E-state index contributed by atoms with van der Waals surface area (Å²) in [5.74, 6) is -3.32. The highest BCUT2D eigenvalue weighted by atomic mass is 16.5. The number of ether oxygens (including phenoxy) is 3. The van der Waals surface area contributed by atoms with Gasteiger partial charge in [0.1, 0.15) is 22.8 Å². The highest BCUT2D eigenvalue weighted by Gasteiger charge is 2.38. The number of aromatic hydroxyl groups is 1. The third-order valence-electron chi connectivity index (χ3n) is 4.54. The minimum Gasteiger partial charge on any atom is -0.506 e. The molecule has 0 heterocycles. The van der Waals surface area contributed by atoms with E-state index in [0.717, 1.165) is 13.2 Å². The molecule has 8 heteroatoms. The maximum atomic E-state index is 13.1. The van der Waals surface area contributed by atoms with Crippen LogP contribution in [0.5, 0.6) is 17.2 Å². The lowest BCUT2D eigenvalue weighted by Gasteiger charge is -2.23. The molecule has 0 saturated heterocycles. The molecule has 0 aliphatic heterocycles. The molecule has 0 bridgehead atoms. The molecule has 0 unspecified atom stereocenters. The molecule has 0 amide bonds. The number of Topliss-reactive ketones (excluding diaryl/α,β-unsaturated/α-hetero) is 1. The summed E-state index contributed by atoms with van der Waals surface area (Å²) >= 11 is 0. The van der Waals surface area contributed by atoms with Crippen LogP contribution in [0.15, 0.2) is 18.2 Å². The third kappa shape index (κ3) is 2.61. The van der Waals surface area contributed by atoms with Gasteiger partial charge in [0, 0.05) is 22.8 Å². The van der Waals surface area contributed by atoms with Gasteiger partial charge in [-0.05, 0) is 19.1 Å². The zero-order valence-electron chi connectivity index (χ0n) is 15.5. The Balaban J connectivity index is 2.40. The summed E-state index contributed by atoms with van der Waals surface area (Å²) in [7, 11) is 3.79. The van der Waals surface area contributed by atoms with Gasteiger partial charge in [0.25, 0.3) is 0 Å². The summed E-state index contributed by atoms with van der Waals surface area (Å²) < 4.78 is 15.0. The zero-order chi connectivity index (χ0) is 20.7. The lowest BCUT2D eigenvalue weighted by atomic mass is 9.80. The fraction of sp³-hybridized carbons (Fsp3) is 0.200. The van der Waals surface area contributed by atoms with E-state index in [9.17, 15) is 24.3 Å². The molecule has 8 nitrogen and oxygen atoms in total. The van der Waals surface area contributed by atoms with Crippen molar-refractivity contribution in [3.8, 4) is 17.2 Å². The summed E-state index contributed by atoms with van der Waals surface area (Å²) in [6, 6.07) is 3.93. The minimum atomic E-state index is -1.00. The van der Waals surface area contributed by atoms with E-state index in [1.54, 1.807) is 0 Å². The number of carbonyl (C=O) groups excluding carboxylic acids is 4. The second kappa shape index (κ2) is 6.80. The molecule has 144 valence electrons. The van der Waals surface area contributed by atoms with Gasteiger partial charge in [-0.2, -0.15) is 0 Å². The van der Waals surface area contributed by atoms with Gasteiger partial charge >= 0.3 is 5.97 Å². The molecule has 0 spiro atoms. The number of esters is 1. The quantitative estimate of drug-likeness (QED) is 0.537. The molecule has 1 aliphatic carbocycles. The zero-order valence-corrected chi connectivity index (χ0v) is 15.5. The standard InChI is InChI=1S/C20H16O8/c1-8(21)10-7-12-15(19(24)16(10)20(25)28-4)18(23)14-11(17(12)22)5-9(26-2)6-13(14)27-3/h5-7,24H,1-4H3. The van der Waals surface area contributed by atoms with E-state index in [1.165, 1.54) is 33.3 Å². The molecular formula is C20H16O8. The van der Waals surface area contributed by atoms with Gasteiger partial charge in [0.05, 0.1) is 32.5 Å². The molecule has 1 N–H and O–H groups in total. The molecule has 0 atom stereocenters. The predicted octanol–water partition coefficient (Wildman–Crippen LogP) is 2.17. The number of methoxy groups -OCH3 is 3. The van der Waals surface area contributed by atoms with Crippen molar-refractivity contribution < 1.29 is 38.5 Å². The predicted molar refractivity (Wildman–Crippen MR) is 95.9 cm³/mol. The average Bonchev–Trinajstić information content (AvgIpc) is 2.69. The lowest BCUT2D eigenvalue weighted by Crippen LogP contribution is -2.24. The Kier molecular flexibility index (Phi) is 4.64. The topological polar surface area (TPSA) is 116 Å². The average molecular weight is 384 g/mol. The summed E-state index contributed by atoms with van der Waals surface area (Å²) in [6.07, 6.45) is 0. The van der Waals surface area contributed by atoms with Gasteiger partial charge in [-0.1, -0.05) is 0 Å². The molecule has 3 rings (SSSR count). The van der Waals surface area contributed by atoms with Crippen LogP contribution in [-0.2, 0) is 4.74 Å². The monoisotopic (exact) mass is 384 g/mol. The fourth-order valence-corrected chi connectivity index (χ4v) is 3.22. The van der Waals surface area contributed by atoms with Crippen LogP contribution in [0.1, 0.15) is 59.5 Å². The van der Waals surface area contributed by atoms with Crippen molar-refractivity contribution in [2.45, 2.75) is 6.92 Å². The highest BCUT2D eigenvalue weighted by molar-refractivity contribution is 6.31. The molecule has 0 aromatic heterocycles. The van der Waals surface area contributed by atoms with E-state index < -0.39 is 34.6 Å². The number of carbonyl (C=O) groups is 4. The van der Waals surface area contributed by atoms with Crippen molar-refractivity contribution in [3.63, 3.8) is 0 Å². The molecule has 0 fully saturated rings. The lowest BCUT2D eigenvalue weighted by molar-refractivity contribution is 0.0593. The number of phenolic OH excluding ortho intramolecular Hbond substituents is 1. The van der Waals surface area contributed by atoms with E-state index >= 15 is 0 Å². The van der Waals surface area contributed by atoms with Gasteiger partial charge < -0.3 is 19.3 Å². The number of hydrogen-bond donors (Lipinski definition) is 1. The summed E-state index contributed by atoms with van der Waals surface area (Å²) in [6.45, 7) is 1.17. The number of ketones is 3. The molecular weight excluding hydrogens is 368 g/mol. The Labute approximate surface area is 159 Å². The molecule has 2 aromatic rings. The first kappa shape index (κ1) is 19.1. The Hall–Kier alpha value is -3.68. The fourth-order valence-electron chi connectivity index (χ4n) is 3.22. The van der Waals surface area contributed by atoms with E-state index in [1.807, 2.05) is 0 Å². The van der Waals surface area contributed by atoms with Crippen molar-refractivity contribution in [2.24, 2.45) is 0 Å². The maximum Gasteiger partial charge on any atom is 0.342 e. The number of rotatable bonds is 4. The van der Waals surface area contributed by atoms with Gasteiger partial charge in [-0.25, -0.2) is 4.79 Å². The maximum absolute atomic E-state index is 13.1. The SMILES string of the molecule is COC(=O)c1c(C(C)=O)cc2c(c1O)C(=O)c1c(OC)cc(OC)cc1C2=O. The van der Waals surface area contributed by atoms with Gasteiger partial charge in [-0.3, -0.25) is 14.4 Å². The van der Waals surface area contributed by atoms with Crippen LogP contribution in [0, 0.1) is 0 Å². The Bertz CT molecular complexity index is 1060. The number of phenols is 1. The summed E-state index contributed by atoms with van der Waals surface area (Å²) in [4.78, 5) is 50.3. The van der Waals surface area contributed by atoms with E-state index in [0.29, 0.717) is 5.75 Å². The Morgan fingerprint density at radius 3 is 2.07 bits per heavy atom. The van der Waals surface area contributed by atoms with E-state index in [-0.39, 0.29) is 33.6 Å². The van der Waals surface area contributed by atoms with Gasteiger partial charge in [0.15, 0.2) is 11.6 Å². The number of fused-ring (bicyclic) bond motifs is 2. The summed E-state index contributed by atoms with van der Waals surface area (Å²) in [5, 5.41) is 10.7.